The Balaban J connectivity index is 2.47. The molecule has 2 aromatic rings. The molecule has 9 heteroatoms. The van der Waals surface area contributed by atoms with Gasteiger partial charge in [0.15, 0.2) is 23.4 Å². The molecule has 150 valence electrons. The second kappa shape index (κ2) is 9.89. The van der Waals surface area contributed by atoms with Gasteiger partial charge in [-0.15, -0.1) is 0 Å². The van der Waals surface area contributed by atoms with Gasteiger partial charge in [-0.05, 0) is 24.6 Å². The number of carbonyl (C=O) groups is 2. The zero-order chi connectivity index (χ0) is 20.7. The molecule has 28 heavy (non-hydrogen) atoms. The third kappa shape index (κ3) is 5.10. The molecule has 2 rings (SSSR count). The first-order valence-corrected chi connectivity index (χ1v) is 8.99. The molecule has 8 nitrogen and oxygen atoms in total. The van der Waals surface area contributed by atoms with E-state index in [1.165, 1.54) is 26.6 Å². The van der Waals surface area contributed by atoms with Gasteiger partial charge in [0.25, 0.3) is 5.91 Å². The van der Waals surface area contributed by atoms with Gasteiger partial charge >= 0.3 is 0 Å². The molecule has 1 aromatic heterocycles. The summed E-state index contributed by atoms with van der Waals surface area (Å²) in [5.74, 6) is -0.266. The quantitative estimate of drug-likeness (QED) is 0.475. The van der Waals surface area contributed by atoms with Crippen LogP contribution >= 0.6 is 11.6 Å². The molecule has 1 heterocycles. The molecular weight excluding hydrogens is 386 g/mol. The van der Waals surface area contributed by atoms with Gasteiger partial charge in [-0.2, -0.15) is 0 Å². The lowest BCUT2D eigenvalue weighted by molar-refractivity contribution is -0.125. The summed E-state index contributed by atoms with van der Waals surface area (Å²) < 4.78 is 16.5. The summed E-state index contributed by atoms with van der Waals surface area (Å²) in [6.45, 7) is 1.90. The zero-order valence-electron chi connectivity index (χ0n) is 15.9. The maximum atomic E-state index is 12.9. The number of hydrogen-bond donors (Lipinski definition) is 1. The third-order valence-corrected chi connectivity index (χ3v) is 4.17. The van der Waals surface area contributed by atoms with Gasteiger partial charge in [0, 0.05) is 0 Å². The first-order valence-electron chi connectivity index (χ1n) is 8.61. The Morgan fingerprint density at radius 2 is 1.93 bits per heavy atom. The van der Waals surface area contributed by atoms with Crippen LogP contribution in [0.15, 0.2) is 24.5 Å². The van der Waals surface area contributed by atoms with Crippen LogP contribution in [0.5, 0.6) is 17.2 Å². The number of primary amides is 1. The van der Waals surface area contributed by atoms with Crippen molar-refractivity contribution in [2.24, 2.45) is 5.73 Å². The normalized spacial score (nSPS) is 11.6. The van der Waals surface area contributed by atoms with E-state index in [0.717, 1.165) is 0 Å². The lowest BCUT2D eigenvalue weighted by Crippen LogP contribution is -2.34. The second-order valence-electron chi connectivity index (χ2n) is 5.91. The first kappa shape index (κ1) is 21.4. The van der Waals surface area contributed by atoms with Crippen molar-refractivity contribution in [3.05, 3.63) is 40.9 Å². The summed E-state index contributed by atoms with van der Waals surface area (Å²) in [6, 6.07) is 4.64. The average Bonchev–Trinajstić information content (AvgIpc) is 2.66. The summed E-state index contributed by atoms with van der Waals surface area (Å²) in [6.07, 6.45) is 1.39. The van der Waals surface area contributed by atoms with Gasteiger partial charge in [-0.1, -0.05) is 24.9 Å². The fourth-order valence-corrected chi connectivity index (χ4v) is 2.80. The smallest absolute Gasteiger partial charge is 0.258 e. The molecule has 1 unspecified atom stereocenters. The molecule has 0 bridgehead atoms. The Morgan fingerprint density at radius 1 is 1.18 bits per heavy atom. The van der Waals surface area contributed by atoms with Crippen LogP contribution in [0.1, 0.15) is 35.8 Å². The van der Waals surface area contributed by atoms with Crippen LogP contribution in [-0.4, -0.2) is 42.0 Å². The second-order valence-corrected chi connectivity index (χ2v) is 6.29. The number of ether oxygens (including phenoxy) is 3. The van der Waals surface area contributed by atoms with E-state index in [0.29, 0.717) is 24.3 Å². The highest BCUT2D eigenvalue weighted by molar-refractivity contribution is 6.29. The Bertz CT molecular complexity index is 859. The maximum absolute atomic E-state index is 12.9. The first-order chi connectivity index (χ1) is 13.4. The van der Waals surface area contributed by atoms with E-state index in [1.807, 2.05) is 6.92 Å². The number of methoxy groups -OCH3 is 2. The van der Waals surface area contributed by atoms with Crippen molar-refractivity contribution in [2.75, 3.05) is 14.2 Å². The predicted molar refractivity (Wildman–Crippen MR) is 103 cm³/mol. The molecule has 0 radical (unpaired) electrons. The molecule has 0 aliphatic rings. The van der Waals surface area contributed by atoms with Crippen molar-refractivity contribution in [3.8, 4) is 17.2 Å². The van der Waals surface area contributed by atoms with Crippen molar-refractivity contribution in [2.45, 2.75) is 32.3 Å². The number of rotatable bonds is 10. The van der Waals surface area contributed by atoms with Crippen LogP contribution in [0.4, 0.5) is 0 Å². The Labute approximate surface area is 168 Å². The van der Waals surface area contributed by atoms with Gasteiger partial charge in [-0.25, -0.2) is 9.97 Å². The summed E-state index contributed by atoms with van der Waals surface area (Å²) in [4.78, 5) is 32.5. The number of benzene rings is 1. The Hall–Kier alpha value is -2.87. The predicted octanol–water partition coefficient (Wildman–Crippen LogP) is 2.61. The van der Waals surface area contributed by atoms with Crippen molar-refractivity contribution < 1.29 is 23.8 Å². The summed E-state index contributed by atoms with van der Waals surface area (Å²) in [5, 5.41) is 0.235. The molecule has 0 aliphatic carbocycles. The number of hydrogen-bond acceptors (Lipinski definition) is 7. The van der Waals surface area contributed by atoms with Crippen molar-refractivity contribution in [1.82, 2.24) is 9.97 Å². The number of aromatic nitrogens is 2. The van der Waals surface area contributed by atoms with E-state index >= 15 is 0 Å². The summed E-state index contributed by atoms with van der Waals surface area (Å²) >= 11 is 5.86. The van der Waals surface area contributed by atoms with Gasteiger partial charge in [0.2, 0.25) is 5.75 Å². The SMILES string of the molecule is CCCC(Oc1c(C(=O)Cc2cc(Cl)ncn2)ccc(OC)c1OC)C(N)=O. The minimum absolute atomic E-state index is 0.0386. The highest BCUT2D eigenvalue weighted by Crippen LogP contribution is 2.41. The van der Waals surface area contributed by atoms with Gasteiger partial charge in [0.1, 0.15) is 11.5 Å². The monoisotopic (exact) mass is 407 g/mol. The van der Waals surface area contributed by atoms with E-state index < -0.39 is 12.0 Å². The molecule has 0 spiro atoms. The van der Waals surface area contributed by atoms with Crippen LogP contribution in [0, 0.1) is 0 Å². The number of Topliss-reactive ketones (excluding diaryl/α,β-unsaturated/α-hetero) is 1. The van der Waals surface area contributed by atoms with E-state index in [9.17, 15) is 9.59 Å². The van der Waals surface area contributed by atoms with Crippen LogP contribution in [0.25, 0.3) is 0 Å². The number of carbonyl (C=O) groups excluding carboxylic acids is 2. The van der Waals surface area contributed by atoms with Gasteiger partial charge < -0.3 is 19.9 Å². The van der Waals surface area contributed by atoms with Crippen molar-refractivity contribution >= 4 is 23.3 Å². The van der Waals surface area contributed by atoms with Crippen LogP contribution < -0.4 is 19.9 Å². The lowest BCUT2D eigenvalue weighted by atomic mass is 10.0. The number of halogens is 1. The number of nitrogens with two attached hydrogens (primary N) is 1. The topological polar surface area (TPSA) is 114 Å². The van der Waals surface area contributed by atoms with Gasteiger partial charge in [-0.3, -0.25) is 9.59 Å². The third-order valence-electron chi connectivity index (χ3n) is 3.96. The van der Waals surface area contributed by atoms with E-state index in [-0.39, 0.29) is 34.4 Å². The fraction of sp³-hybridized carbons (Fsp3) is 0.368. The molecule has 0 fully saturated rings. The molecule has 1 amide bonds. The van der Waals surface area contributed by atoms with Crippen LogP contribution in [0.2, 0.25) is 5.15 Å². The Kier molecular flexibility index (Phi) is 7.57. The van der Waals surface area contributed by atoms with E-state index in [4.69, 9.17) is 31.5 Å². The molecule has 0 saturated heterocycles. The Morgan fingerprint density at radius 3 is 2.50 bits per heavy atom. The van der Waals surface area contributed by atoms with E-state index in [1.54, 1.807) is 12.1 Å². The van der Waals surface area contributed by atoms with Crippen LogP contribution in [0.3, 0.4) is 0 Å². The highest BCUT2D eigenvalue weighted by atomic mass is 35.5. The largest absolute Gasteiger partial charge is 0.493 e. The molecule has 0 saturated carbocycles. The van der Waals surface area contributed by atoms with Crippen LogP contribution in [-0.2, 0) is 11.2 Å². The summed E-state index contributed by atoms with van der Waals surface area (Å²) in [5.41, 5.74) is 6.11. The lowest BCUT2D eigenvalue weighted by Gasteiger charge is -2.21. The van der Waals surface area contributed by atoms with Crippen molar-refractivity contribution in [1.29, 1.82) is 0 Å². The molecule has 1 atom stereocenters. The number of amides is 1. The highest BCUT2D eigenvalue weighted by Gasteiger charge is 2.26. The molecule has 2 N–H and O–H groups in total. The molecule has 1 aromatic carbocycles. The zero-order valence-corrected chi connectivity index (χ0v) is 16.7. The van der Waals surface area contributed by atoms with Gasteiger partial charge in [0.05, 0.1) is 31.9 Å². The van der Waals surface area contributed by atoms with E-state index in [2.05, 4.69) is 9.97 Å². The minimum atomic E-state index is -0.911. The number of ketones is 1. The summed E-state index contributed by atoms with van der Waals surface area (Å²) in [7, 11) is 2.88. The number of nitrogens with zero attached hydrogens (tertiary/aromatic N) is 2. The molecular formula is C19H22ClN3O5. The fourth-order valence-electron chi connectivity index (χ4n) is 2.63. The maximum Gasteiger partial charge on any atom is 0.258 e. The average molecular weight is 408 g/mol. The van der Waals surface area contributed by atoms with Crippen molar-refractivity contribution in [3.63, 3.8) is 0 Å². The molecule has 0 aliphatic heterocycles. The standard InChI is InChI=1S/C19H22ClN3O5/c1-4-5-15(19(21)25)28-17-12(6-7-14(26-2)18(17)27-3)13(24)8-11-9-16(20)23-10-22-11/h6-7,9-10,15H,4-5,8H2,1-3H3,(H2,21,25). The minimum Gasteiger partial charge on any atom is -0.493 e.